The average Bonchev–Trinajstić information content (AvgIpc) is 2.25. The molecule has 1 aliphatic carbocycles. The molecule has 1 fully saturated rings. The number of carbonyl (C=O) groups is 2. The van der Waals surface area contributed by atoms with E-state index in [2.05, 4.69) is 4.99 Å². The zero-order valence-corrected chi connectivity index (χ0v) is 11.0. The van der Waals surface area contributed by atoms with Crippen molar-refractivity contribution in [3.8, 4) is 0 Å². The normalized spacial score (nSPS) is 21.4. The molecule has 0 radical (unpaired) electrons. The molecule has 0 aromatic rings. The summed E-state index contributed by atoms with van der Waals surface area (Å²) in [4.78, 5) is 27.9. The summed E-state index contributed by atoms with van der Waals surface area (Å²) in [5.74, 6) is -0.703. The molecule has 0 saturated heterocycles. The summed E-state index contributed by atoms with van der Waals surface area (Å²) in [6.07, 6.45) is 3.53. The lowest BCUT2D eigenvalue weighted by Gasteiger charge is -2.23. The lowest BCUT2D eigenvalue weighted by atomic mass is 9.99. The van der Waals surface area contributed by atoms with E-state index in [-0.39, 0.29) is 17.6 Å². The quantitative estimate of drug-likeness (QED) is 0.609. The lowest BCUT2D eigenvalue weighted by molar-refractivity contribution is -0.135. The van der Waals surface area contributed by atoms with E-state index in [4.69, 9.17) is 5.11 Å². The zero-order valence-electron chi connectivity index (χ0n) is 10.2. The molecule has 0 aromatic heterocycles. The minimum Gasteiger partial charge on any atom is -0.480 e. The maximum absolute atomic E-state index is 11.7. The minimum absolute atomic E-state index is 0.0568. The Kier molecular flexibility index (Phi) is 5.47. The van der Waals surface area contributed by atoms with Crippen LogP contribution in [0.15, 0.2) is 4.99 Å². The van der Waals surface area contributed by atoms with Gasteiger partial charge in [-0.05, 0) is 12.8 Å². The number of hydrogen-bond acceptors (Lipinski definition) is 4. The average molecular weight is 258 g/mol. The van der Waals surface area contributed by atoms with Crippen LogP contribution in [0.2, 0.25) is 0 Å². The first-order chi connectivity index (χ1) is 8.00. The number of thioether (sulfide) groups is 1. The van der Waals surface area contributed by atoms with Gasteiger partial charge >= 0.3 is 5.97 Å². The van der Waals surface area contributed by atoms with Gasteiger partial charge in [0.2, 0.25) is 0 Å². The number of rotatable bonds is 3. The first-order valence-electron chi connectivity index (χ1n) is 5.63. The van der Waals surface area contributed by atoms with Crippen LogP contribution >= 0.6 is 11.8 Å². The van der Waals surface area contributed by atoms with Crippen LogP contribution in [0.4, 0.5) is 0 Å². The Balaban J connectivity index is 2.62. The molecular formula is C11H18N2O3S. The molecule has 0 aromatic carbocycles. The second-order valence-corrected chi connectivity index (χ2v) is 5.38. The van der Waals surface area contributed by atoms with E-state index in [9.17, 15) is 9.59 Å². The number of carboxylic acids is 1. The van der Waals surface area contributed by atoms with Crippen LogP contribution in [0.1, 0.15) is 25.7 Å². The summed E-state index contributed by atoms with van der Waals surface area (Å²) in [6.45, 7) is -0.249. The van der Waals surface area contributed by atoms with Crippen molar-refractivity contribution in [3.05, 3.63) is 0 Å². The third-order valence-corrected chi connectivity index (χ3v) is 3.97. The molecule has 1 N–H and O–H groups in total. The molecule has 1 atom stereocenters. The SMILES string of the molecule is CN(C)C(=NCC(=O)O)SC1CCCCC1=O. The van der Waals surface area contributed by atoms with Crippen LogP contribution in [-0.2, 0) is 9.59 Å². The van der Waals surface area contributed by atoms with Crippen molar-refractivity contribution in [3.63, 3.8) is 0 Å². The summed E-state index contributed by atoms with van der Waals surface area (Å²) in [5, 5.41) is 9.16. The molecule has 1 aliphatic rings. The van der Waals surface area contributed by atoms with Gasteiger partial charge in [-0.2, -0.15) is 0 Å². The van der Waals surface area contributed by atoms with Gasteiger partial charge < -0.3 is 10.0 Å². The molecule has 0 bridgehead atoms. The van der Waals surface area contributed by atoms with E-state index in [1.165, 1.54) is 11.8 Å². The van der Waals surface area contributed by atoms with Gasteiger partial charge in [-0.3, -0.25) is 14.6 Å². The van der Waals surface area contributed by atoms with Gasteiger partial charge in [0.05, 0.1) is 5.25 Å². The van der Waals surface area contributed by atoms with Crippen molar-refractivity contribution in [2.45, 2.75) is 30.9 Å². The van der Waals surface area contributed by atoms with E-state index in [0.29, 0.717) is 11.6 Å². The third-order valence-electron chi connectivity index (χ3n) is 2.48. The molecular weight excluding hydrogens is 240 g/mol. The standard InChI is InChI=1S/C11H18N2O3S/c1-13(2)11(12-7-10(15)16)17-9-6-4-3-5-8(9)14/h9H,3-7H2,1-2H3,(H,15,16). The Morgan fingerprint density at radius 3 is 2.76 bits per heavy atom. The summed E-state index contributed by atoms with van der Waals surface area (Å²) in [6, 6.07) is 0. The fraction of sp³-hybridized carbons (Fsp3) is 0.727. The molecule has 0 heterocycles. The highest BCUT2D eigenvalue weighted by atomic mass is 32.2. The molecule has 96 valence electrons. The van der Waals surface area contributed by atoms with Crippen LogP contribution in [0.5, 0.6) is 0 Å². The first kappa shape index (κ1) is 14.0. The molecule has 17 heavy (non-hydrogen) atoms. The Hall–Kier alpha value is -1.04. The van der Waals surface area contributed by atoms with Crippen molar-refractivity contribution in [1.29, 1.82) is 0 Å². The molecule has 5 nitrogen and oxygen atoms in total. The molecule has 0 aliphatic heterocycles. The Labute approximate surface area is 105 Å². The highest BCUT2D eigenvalue weighted by molar-refractivity contribution is 8.14. The van der Waals surface area contributed by atoms with Gasteiger partial charge in [-0.25, -0.2) is 0 Å². The van der Waals surface area contributed by atoms with Crippen molar-refractivity contribution in [2.24, 2.45) is 4.99 Å². The summed E-state index contributed by atoms with van der Waals surface area (Å²) in [5.41, 5.74) is 0. The smallest absolute Gasteiger partial charge is 0.325 e. The fourth-order valence-corrected chi connectivity index (χ4v) is 2.76. The minimum atomic E-state index is -0.958. The largest absolute Gasteiger partial charge is 0.480 e. The van der Waals surface area contributed by atoms with Crippen molar-refractivity contribution in [2.75, 3.05) is 20.6 Å². The highest BCUT2D eigenvalue weighted by Gasteiger charge is 2.25. The molecule has 6 heteroatoms. The number of amidine groups is 1. The number of carbonyl (C=O) groups excluding carboxylic acids is 1. The number of Topliss-reactive ketones (excluding diaryl/α,β-unsaturated/α-hetero) is 1. The second-order valence-electron chi connectivity index (χ2n) is 4.21. The van der Waals surface area contributed by atoms with Gasteiger partial charge in [0.1, 0.15) is 12.3 Å². The topological polar surface area (TPSA) is 70.0 Å². The van der Waals surface area contributed by atoms with E-state index < -0.39 is 5.97 Å². The van der Waals surface area contributed by atoms with Gasteiger partial charge in [-0.1, -0.05) is 18.2 Å². The van der Waals surface area contributed by atoms with E-state index in [0.717, 1.165) is 19.3 Å². The van der Waals surface area contributed by atoms with Gasteiger partial charge in [-0.15, -0.1) is 0 Å². The third kappa shape index (κ3) is 4.77. The zero-order chi connectivity index (χ0) is 12.8. The van der Waals surface area contributed by atoms with Crippen molar-refractivity contribution in [1.82, 2.24) is 4.90 Å². The first-order valence-corrected chi connectivity index (χ1v) is 6.51. The molecule has 1 saturated carbocycles. The Bertz CT molecular complexity index is 329. The van der Waals surface area contributed by atoms with E-state index >= 15 is 0 Å². The van der Waals surface area contributed by atoms with Gasteiger partial charge in [0, 0.05) is 20.5 Å². The van der Waals surface area contributed by atoms with Crippen molar-refractivity contribution >= 4 is 28.7 Å². The van der Waals surface area contributed by atoms with Crippen LogP contribution in [0.3, 0.4) is 0 Å². The predicted octanol–water partition coefficient (Wildman–Crippen LogP) is 1.23. The summed E-state index contributed by atoms with van der Waals surface area (Å²) in [7, 11) is 3.61. The van der Waals surface area contributed by atoms with Crippen LogP contribution in [0.25, 0.3) is 0 Å². The summed E-state index contributed by atoms with van der Waals surface area (Å²) < 4.78 is 0. The fourth-order valence-electron chi connectivity index (χ4n) is 1.62. The maximum atomic E-state index is 11.7. The number of nitrogens with zero attached hydrogens (tertiary/aromatic N) is 2. The second kappa shape index (κ2) is 6.64. The Morgan fingerprint density at radius 1 is 1.53 bits per heavy atom. The molecule has 1 unspecified atom stereocenters. The van der Waals surface area contributed by atoms with Gasteiger partial charge in [0.15, 0.2) is 5.17 Å². The molecule has 0 spiro atoms. The highest BCUT2D eigenvalue weighted by Crippen LogP contribution is 2.27. The number of carboxylic acid groups (broad SMARTS) is 1. The number of aliphatic imine (C=N–C) groups is 1. The Morgan fingerprint density at radius 2 is 2.24 bits per heavy atom. The monoisotopic (exact) mass is 258 g/mol. The number of ketones is 1. The van der Waals surface area contributed by atoms with Crippen molar-refractivity contribution < 1.29 is 14.7 Å². The number of hydrogen-bond donors (Lipinski definition) is 1. The maximum Gasteiger partial charge on any atom is 0.325 e. The van der Waals surface area contributed by atoms with Crippen LogP contribution in [0, 0.1) is 0 Å². The van der Waals surface area contributed by atoms with Crippen LogP contribution in [-0.4, -0.2) is 52.8 Å². The van der Waals surface area contributed by atoms with Crippen LogP contribution < -0.4 is 0 Å². The number of aliphatic carboxylic acids is 1. The van der Waals surface area contributed by atoms with E-state index in [1.54, 1.807) is 19.0 Å². The predicted molar refractivity (Wildman–Crippen MR) is 68.5 cm³/mol. The van der Waals surface area contributed by atoms with E-state index in [1.807, 2.05) is 0 Å². The molecule has 1 rings (SSSR count). The molecule has 0 amide bonds. The lowest BCUT2D eigenvalue weighted by Crippen LogP contribution is -2.28. The summed E-state index contributed by atoms with van der Waals surface area (Å²) >= 11 is 1.39. The van der Waals surface area contributed by atoms with Gasteiger partial charge in [0.25, 0.3) is 0 Å².